The number of pyridine rings is 2. The van der Waals surface area contributed by atoms with E-state index in [-0.39, 0.29) is 21.7 Å². The third kappa shape index (κ3) is 12.9. The average Bonchev–Trinajstić information content (AvgIpc) is 1.55. The minimum absolute atomic E-state index is 0.0131. The maximum atomic E-state index is 5.10. The summed E-state index contributed by atoms with van der Waals surface area (Å²) in [5.74, 6) is 4.36. The molecule has 27 rings (SSSR count). The lowest BCUT2D eigenvalue weighted by atomic mass is 9.82. The van der Waals surface area contributed by atoms with Crippen molar-refractivity contribution in [1.82, 2.24) is 48.6 Å². The van der Waals surface area contributed by atoms with Gasteiger partial charge in [0.2, 0.25) is 0 Å². The molecule has 0 unspecified atom stereocenters. The number of benzene rings is 16. The average molecular weight is 1730 g/mol. The molecular weight excluding hydrogens is 1640 g/mol. The molecule has 0 spiro atoms. The summed E-state index contributed by atoms with van der Waals surface area (Å²) in [5.41, 5.74) is 39.8. The van der Waals surface area contributed by atoms with E-state index >= 15 is 0 Å². The summed E-state index contributed by atoms with van der Waals surface area (Å²) >= 11 is 0. The van der Waals surface area contributed by atoms with Crippen molar-refractivity contribution in [2.45, 2.75) is 77.0 Å². The van der Waals surface area contributed by atoms with E-state index in [1.165, 1.54) is 149 Å². The number of fused-ring (bicyclic) bond motifs is 21. The van der Waals surface area contributed by atoms with Crippen LogP contribution in [0.1, 0.15) is 99.9 Å². The van der Waals surface area contributed by atoms with Crippen LogP contribution in [0.4, 0.5) is 0 Å². The molecule has 10 nitrogen and oxygen atoms in total. The Morgan fingerprint density at radius 3 is 0.859 bits per heavy atom. The van der Waals surface area contributed by atoms with Gasteiger partial charge < -0.3 is 4.57 Å². The maximum absolute atomic E-state index is 5.10. The van der Waals surface area contributed by atoms with E-state index in [1.54, 1.807) is 0 Å². The fourth-order valence-corrected chi connectivity index (χ4v) is 22.3. The normalized spacial score (nSPS) is 13.9. The molecule has 135 heavy (non-hydrogen) atoms. The summed E-state index contributed by atoms with van der Waals surface area (Å²) in [7, 11) is 0. The third-order valence-corrected chi connectivity index (χ3v) is 29.2. The van der Waals surface area contributed by atoms with Crippen molar-refractivity contribution in [2.24, 2.45) is 0 Å². The molecular formula is C125H92N10. The Bertz CT molecular complexity index is 8280. The zero-order valence-electron chi connectivity index (χ0n) is 76.2. The van der Waals surface area contributed by atoms with Crippen molar-refractivity contribution in [1.29, 1.82) is 0 Å². The van der Waals surface area contributed by atoms with Crippen LogP contribution in [-0.4, -0.2) is 48.6 Å². The standard InChI is InChI=1S/C43H31N3.C41H29N5.C41H32N2/c1-43(2)36-19-11-9-17-32(36)34-25-35-33-18-10-12-20-40(33)46(41(35)26-37(34)43)31-23-21-30(22-24-31)42-44-38(28-13-5-3-6-14-28)27-39(45-42)29-15-7-4-8-16-29;1-41(2)33-19-11-9-17-29(33)31-23-32-30-18-10-12-20-35(30)46(36(32)24-34(31)41)37-22-21-28(25-42-37)40-44-38(26-13-5-3-6-14-26)43-39(45-40)27-15-7-4-8-16-27;1-40(2)33-14-8-5-11-27(33)30-21-25(17-19-35(30)40)26-18-20-39(42-24-26)43-37-16-10-7-13-29(37)32-22-31-28-12-6-9-15-34(28)41(3,4)36(31)23-38(32)43/h3-27H,1-2H3;3-25H,1-2H3;5-24H,1-4H3. The van der Waals surface area contributed by atoms with Gasteiger partial charge in [0.25, 0.3) is 0 Å². The molecule has 0 fully saturated rings. The number of nitrogens with zero attached hydrogens (tertiary/aromatic N) is 10. The van der Waals surface area contributed by atoms with Crippen LogP contribution in [0.25, 0.3) is 206 Å². The van der Waals surface area contributed by atoms with Crippen LogP contribution >= 0.6 is 0 Å². The van der Waals surface area contributed by atoms with Gasteiger partial charge in [-0.3, -0.25) is 9.13 Å². The Hall–Kier alpha value is -16.7. The van der Waals surface area contributed by atoms with E-state index in [0.717, 1.165) is 78.7 Å². The molecule has 0 saturated carbocycles. The van der Waals surface area contributed by atoms with Crippen molar-refractivity contribution < 1.29 is 0 Å². The summed E-state index contributed by atoms with van der Waals surface area (Å²) in [4.78, 5) is 34.9. The molecule has 7 aromatic heterocycles. The van der Waals surface area contributed by atoms with Crippen molar-refractivity contribution in [3.63, 3.8) is 0 Å². The van der Waals surface area contributed by atoms with Crippen LogP contribution in [0.5, 0.6) is 0 Å². The maximum Gasteiger partial charge on any atom is 0.165 e. The zero-order valence-corrected chi connectivity index (χ0v) is 76.2. The third-order valence-electron chi connectivity index (χ3n) is 29.2. The van der Waals surface area contributed by atoms with Gasteiger partial charge in [-0.05, 0) is 210 Å². The molecule has 0 N–H and O–H groups in total. The summed E-state index contributed by atoms with van der Waals surface area (Å²) in [6.07, 6.45) is 3.92. The summed E-state index contributed by atoms with van der Waals surface area (Å²) in [6, 6.07) is 143. The van der Waals surface area contributed by atoms with Crippen LogP contribution in [0.2, 0.25) is 0 Å². The fourth-order valence-electron chi connectivity index (χ4n) is 22.3. The zero-order chi connectivity index (χ0) is 90.7. The summed E-state index contributed by atoms with van der Waals surface area (Å²) < 4.78 is 7.03. The van der Waals surface area contributed by atoms with Crippen molar-refractivity contribution in [3.8, 4) is 141 Å². The Morgan fingerprint density at radius 2 is 0.467 bits per heavy atom. The molecule has 4 aliphatic rings. The van der Waals surface area contributed by atoms with Crippen LogP contribution in [0.15, 0.2) is 413 Å². The van der Waals surface area contributed by atoms with Gasteiger partial charge in [0, 0.05) is 111 Å². The topological polar surface area (TPSA) is 105 Å². The van der Waals surface area contributed by atoms with Gasteiger partial charge in [-0.15, -0.1) is 0 Å². The van der Waals surface area contributed by atoms with Crippen molar-refractivity contribution in [2.75, 3.05) is 0 Å². The van der Waals surface area contributed by atoms with Gasteiger partial charge >= 0.3 is 0 Å². The monoisotopic (exact) mass is 1730 g/mol. The Balaban J connectivity index is 0.000000108. The summed E-state index contributed by atoms with van der Waals surface area (Å²) in [6.45, 7) is 18.7. The van der Waals surface area contributed by atoms with Gasteiger partial charge in [0.05, 0.1) is 44.5 Å². The number of para-hydroxylation sites is 3. The highest BCUT2D eigenvalue weighted by Crippen LogP contribution is 2.56. The molecule has 7 heterocycles. The first-order valence-electron chi connectivity index (χ1n) is 46.6. The van der Waals surface area contributed by atoms with E-state index in [4.69, 9.17) is 34.9 Å². The van der Waals surface area contributed by atoms with Crippen molar-refractivity contribution in [3.05, 3.63) is 457 Å². The second-order valence-corrected chi connectivity index (χ2v) is 38.3. The smallest absolute Gasteiger partial charge is 0.165 e. The molecule has 16 aromatic carbocycles. The van der Waals surface area contributed by atoms with E-state index in [0.29, 0.717) is 23.3 Å². The second kappa shape index (κ2) is 31.0. The van der Waals surface area contributed by atoms with E-state index < -0.39 is 0 Å². The van der Waals surface area contributed by atoms with Gasteiger partial charge in [0.15, 0.2) is 23.3 Å². The highest BCUT2D eigenvalue weighted by atomic mass is 15.1. The first kappa shape index (κ1) is 80.4. The quantitative estimate of drug-likeness (QED) is 0.134. The van der Waals surface area contributed by atoms with Gasteiger partial charge in [0.1, 0.15) is 11.6 Å². The first-order chi connectivity index (χ1) is 66.0. The first-order valence-corrected chi connectivity index (χ1v) is 46.6. The Kier molecular flexibility index (Phi) is 18.5. The van der Waals surface area contributed by atoms with E-state index in [1.807, 2.05) is 85.2 Å². The fraction of sp³-hybridized carbons (Fsp3) is 0.0960. The Morgan fingerprint density at radius 1 is 0.178 bits per heavy atom. The molecule has 0 aliphatic heterocycles. The van der Waals surface area contributed by atoms with Crippen LogP contribution in [0, 0.1) is 0 Å². The molecule has 0 atom stereocenters. The van der Waals surface area contributed by atoms with Crippen LogP contribution in [0.3, 0.4) is 0 Å². The molecule has 4 aliphatic carbocycles. The van der Waals surface area contributed by atoms with E-state index in [9.17, 15) is 0 Å². The highest BCUT2D eigenvalue weighted by molar-refractivity contribution is 6.14. The lowest BCUT2D eigenvalue weighted by molar-refractivity contribution is 0.660. The molecule has 642 valence electrons. The minimum atomic E-state index is -0.0930. The molecule has 10 heteroatoms. The second-order valence-electron chi connectivity index (χ2n) is 38.3. The lowest BCUT2D eigenvalue weighted by Crippen LogP contribution is -2.15. The van der Waals surface area contributed by atoms with Gasteiger partial charge in [-0.1, -0.05) is 341 Å². The predicted octanol–water partition coefficient (Wildman–Crippen LogP) is 31.0. The number of aromatic nitrogens is 10. The van der Waals surface area contributed by atoms with Gasteiger partial charge in [-0.2, -0.15) is 0 Å². The number of hydrogen-bond donors (Lipinski definition) is 0. The molecule has 23 aromatic rings. The minimum Gasteiger partial charge on any atom is -0.309 e. The highest BCUT2D eigenvalue weighted by Gasteiger charge is 2.41. The molecule has 0 bridgehead atoms. The lowest BCUT2D eigenvalue weighted by Gasteiger charge is -2.21. The predicted molar refractivity (Wildman–Crippen MR) is 555 cm³/mol. The largest absolute Gasteiger partial charge is 0.309 e. The van der Waals surface area contributed by atoms with Crippen LogP contribution in [-0.2, 0) is 21.7 Å². The van der Waals surface area contributed by atoms with Gasteiger partial charge in [-0.25, -0.2) is 34.9 Å². The van der Waals surface area contributed by atoms with Crippen LogP contribution < -0.4 is 0 Å². The van der Waals surface area contributed by atoms with E-state index in [2.05, 4.69) is 397 Å². The molecule has 0 saturated heterocycles. The van der Waals surface area contributed by atoms with Crippen molar-refractivity contribution >= 4 is 65.4 Å². The SMILES string of the molecule is CC1(C)c2ccccc2-c2cc(-c3ccc(-n4c5ccccc5c5cc6c(cc54)C(C)(C)c4ccccc4-6)nc3)ccc21.CC1(C)c2ccccc2-c2cc3c4ccccc4n(-c4ccc(-c5nc(-c6ccccc6)cc(-c6ccccc6)n5)cc4)c3cc21.CC1(C)c2ccccc2-c2cc3c4ccccc4n(-c4ccc(-c5nc(-c6ccccc6)nc(-c6ccccc6)n5)cn4)c3cc21. The Labute approximate surface area is 784 Å². The molecule has 0 radical (unpaired) electrons. The summed E-state index contributed by atoms with van der Waals surface area (Å²) in [5, 5.41) is 7.51. The number of rotatable bonds is 10. The number of hydrogen-bond acceptors (Lipinski definition) is 7. The molecule has 0 amide bonds.